The molecule has 0 aliphatic carbocycles. The van der Waals surface area contributed by atoms with Gasteiger partial charge in [-0.3, -0.25) is 10.1 Å². The molecule has 1 atom stereocenters. The molecule has 7 nitrogen and oxygen atoms in total. The third-order valence-electron chi connectivity index (χ3n) is 2.08. The van der Waals surface area contributed by atoms with Crippen molar-refractivity contribution in [2.24, 2.45) is 0 Å². The highest BCUT2D eigenvalue weighted by Gasteiger charge is 2.12. The van der Waals surface area contributed by atoms with Crippen molar-refractivity contribution in [1.29, 1.82) is 0 Å². The number of hydrogen-bond acceptors (Lipinski definition) is 4. The van der Waals surface area contributed by atoms with Gasteiger partial charge in [0.05, 0.1) is 11.0 Å². The Hall–Kier alpha value is -2.44. The summed E-state index contributed by atoms with van der Waals surface area (Å²) in [5.41, 5.74) is 0.587. The molecular weight excluding hydrogens is 228 g/mol. The zero-order valence-corrected chi connectivity index (χ0v) is 8.70. The minimum atomic E-state index is -1.29. The summed E-state index contributed by atoms with van der Waals surface area (Å²) in [4.78, 5) is 30.8. The summed E-state index contributed by atoms with van der Waals surface area (Å²) in [6.07, 6.45) is -0.646. The molecule has 0 heterocycles. The first kappa shape index (κ1) is 12.6. The lowest BCUT2D eigenvalue weighted by Gasteiger charge is -2.09. The van der Waals surface area contributed by atoms with Crippen LogP contribution < -0.4 is 5.32 Å². The highest BCUT2D eigenvalue weighted by Crippen LogP contribution is 2.12. The highest BCUT2D eigenvalue weighted by molar-refractivity contribution is 5.71. The topological polar surface area (TPSA) is 110 Å². The second-order valence-corrected chi connectivity index (χ2v) is 3.32. The second-order valence-electron chi connectivity index (χ2n) is 3.32. The zero-order valence-electron chi connectivity index (χ0n) is 8.70. The predicted molar refractivity (Wildman–Crippen MR) is 57.8 cm³/mol. The van der Waals surface area contributed by atoms with Gasteiger partial charge in [0, 0.05) is 12.1 Å². The molecule has 0 spiro atoms. The lowest BCUT2D eigenvalue weighted by Crippen LogP contribution is -2.36. The molecule has 0 aromatic heterocycles. The van der Waals surface area contributed by atoms with Gasteiger partial charge in [0.1, 0.15) is 6.29 Å². The average molecular weight is 238 g/mol. The number of non-ortho nitro benzene ring substituents is 1. The number of benzene rings is 1. The van der Waals surface area contributed by atoms with Crippen molar-refractivity contribution in [2.45, 2.75) is 12.5 Å². The molecule has 1 amide bonds. The molecule has 1 unspecified atom stereocenters. The van der Waals surface area contributed by atoms with Crippen LogP contribution >= 0.6 is 0 Å². The number of rotatable bonds is 5. The van der Waals surface area contributed by atoms with E-state index in [0.29, 0.717) is 11.8 Å². The van der Waals surface area contributed by atoms with Gasteiger partial charge in [-0.1, -0.05) is 12.1 Å². The summed E-state index contributed by atoms with van der Waals surface area (Å²) in [6.45, 7) is 0. The van der Waals surface area contributed by atoms with Crippen molar-refractivity contribution in [3.63, 3.8) is 0 Å². The van der Waals surface area contributed by atoms with E-state index in [0.717, 1.165) is 0 Å². The Bertz CT molecular complexity index is 429. The number of nitro groups is 1. The van der Waals surface area contributed by atoms with Crippen molar-refractivity contribution in [1.82, 2.24) is 5.32 Å². The normalized spacial score (nSPS) is 11.5. The van der Waals surface area contributed by atoms with E-state index in [4.69, 9.17) is 5.11 Å². The Kier molecular flexibility index (Phi) is 4.15. The van der Waals surface area contributed by atoms with Crippen LogP contribution in [0.5, 0.6) is 0 Å². The summed E-state index contributed by atoms with van der Waals surface area (Å²) < 4.78 is 0. The summed E-state index contributed by atoms with van der Waals surface area (Å²) >= 11 is 0. The van der Waals surface area contributed by atoms with E-state index < -0.39 is 17.1 Å². The van der Waals surface area contributed by atoms with Crippen LogP contribution in [0.2, 0.25) is 0 Å². The van der Waals surface area contributed by atoms with Gasteiger partial charge in [-0.15, -0.1) is 0 Å². The molecule has 1 aromatic carbocycles. The minimum Gasteiger partial charge on any atom is -0.465 e. The largest absolute Gasteiger partial charge is 0.465 e. The number of amides is 1. The van der Waals surface area contributed by atoms with E-state index >= 15 is 0 Å². The van der Waals surface area contributed by atoms with E-state index in [1.54, 1.807) is 0 Å². The van der Waals surface area contributed by atoms with Gasteiger partial charge >= 0.3 is 6.09 Å². The maximum Gasteiger partial charge on any atom is 0.405 e. The number of nitrogens with zero attached hydrogens (tertiary/aromatic N) is 1. The molecule has 1 aromatic rings. The van der Waals surface area contributed by atoms with E-state index in [1.807, 2.05) is 5.32 Å². The Balaban J connectivity index is 2.70. The van der Waals surface area contributed by atoms with Gasteiger partial charge in [0.25, 0.3) is 5.69 Å². The van der Waals surface area contributed by atoms with Gasteiger partial charge in [0.2, 0.25) is 0 Å². The van der Waals surface area contributed by atoms with E-state index in [9.17, 15) is 19.7 Å². The van der Waals surface area contributed by atoms with Gasteiger partial charge in [-0.2, -0.15) is 0 Å². The number of hydrogen-bond donors (Lipinski definition) is 2. The van der Waals surface area contributed by atoms with Gasteiger partial charge in [0.15, 0.2) is 0 Å². The van der Waals surface area contributed by atoms with Crippen molar-refractivity contribution < 1.29 is 19.6 Å². The molecular formula is C10H10N2O5. The molecule has 0 saturated carbocycles. The lowest BCUT2D eigenvalue weighted by atomic mass is 10.1. The van der Waals surface area contributed by atoms with E-state index in [1.165, 1.54) is 24.3 Å². The molecule has 17 heavy (non-hydrogen) atoms. The van der Waals surface area contributed by atoms with Crippen molar-refractivity contribution in [3.05, 3.63) is 39.9 Å². The van der Waals surface area contributed by atoms with Crippen LogP contribution in [0.15, 0.2) is 24.3 Å². The van der Waals surface area contributed by atoms with Gasteiger partial charge in [-0.25, -0.2) is 4.79 Å². The van der Waals surface area contributed by atoms with Crippen LogP contribution in [0.25, 0.3) is 0 Å². The maximum atomic E-state index is 10.6. The molecule has 0 aliphatic rings. The minimum absolute atomic E-state index is 0.0532. The first-order valence-electron chi connectivity index (χ1n) is 4.71. The molecule has 2 N–H and O–H groups in total. The van der Waals surface area contributed by atoms with E-state index in [-0.39, 0.29) is 12.1 Å². The maximum absolute atomic E-state index is 10.6. The zero-order chi connectivity index (χ0) is 12.8. The fourth-order valence-corrected chi connectivity index (χ4v) is 1.30. The van der Waals surface area contributed by atoms with Crippen molar-refractivity contribution in [3.8, 4) is 0 Å². The van der Waals surface area contributed by atoms with Crippen molar-refractivity contribution >= 4 is 18.1 Å². The standard InChI is InChI=1S/C10H10N2O5/c13-6-8(11-10(14)15)5-7-1-3-9(4-2-7)12(16)17/h1-4,6,8,11H,5H2,(H,14,15). The smallest absolute Gasteiger partial charge is 0.405 e. The Morgan fingerprint density at radius 3 is 2.47 bits per heavy atom. The first-order chi connectivity index (χ1) is 8.02. The third kappa shape index (κ3) is 3.90. The van der Waals surface area contributed by atoms with Gasteiger partial charge < -0.3 is 15.2 Å². The van der Waals surface area contributed by atoms with E-state index in [2.05, 4.69) is 0 Å². The van der Waals surface area contributed by atoms with Crippen LogP contribution in [-0.4, -0.2) is 28.5 Å². The average Bonchev–Trinajstić information content (AvgIpc) is 2.28. The fraction of sp³-hybridized carbons (Fsp3) is 0.200. The molecule has 0 fully saturated rings. The summed E-state index contributed by atoms with van der Waals surface area (Å²) in [5.74, 6) is 0. The first-order valence-corrected chi connectivity index (χ1v) is 4.71. The van der Waals surface area contributed by atoms with Crippen molar-refractivity contribution in [2.75, 3.05) is 0 Å². The predicted octanol–water partition coefficient (Wildman–Crippen LogP) is 0.972. The summed E-state index contributed by atoms with van der Waals surface area (Å²) in [5, 5.41) is 20.9. The highest BCUT2D eigenvalue weighted by atomic mass is 16.6. The fourth-order valence-electron chi connectivity index (χ4n) is 1.30. The molecule has 0 aliphatic heterocycles. The Morgan fingerprint density at radius 1 is 1.47 bits per heavy atom. The number of aldehydes is 1. The van der Waals surface area contributed by atoms with Crippen LogP contribution in [0, 0.1) is 10.1 Å². The number of carbonyl (C=O) groups excluding carboxylic acids is 1. The van der Waals surface area contributed by atoms with Crippen LogP contribution in [-0.2, 0) is 11.2 Å². The lowest BCUT2D eigenvalue weighted by molar-refractivity contribution is -0.384. The Labute approximate surface area is 96.2 Å². The molecule has 0 bridgehead atoms. The second kappa shape index (κ2) is 5.59. The monoisotopic (exact) mass is 238 g/mol. The number of nitro benzene ring substituents is 1. The molecule has 7 heteroatoms. The third-order valence-corrected chi connectivity index (χ3v) is 2.08. The van der Waals surface area contributed by atoms with Crippen LogP contribution in [0.4, 0.5) is 10.5 Å². The number of carboxylic acid groups (broad SMARTS) is 1. The molecule has 1 rings (SSSR count). The molecule has 90 valence electrons. The summed E-state index contributed by atoms with van der Waals surface area (Å²) in [6, 6.07) is 4.72. The quantitative estimate of drug-likeness (QED) is 0.451. The number of nitrogens with one attached hydrogen (secondary N) is 1. The number of carbonyl (C=O) groups is 2. The SMILES string of the molecule is O=CC(Cc1ccc([N+](=O)[O-])cc1)NC(=O)O. The van der Waals surface area contributed by atoms with Crippen LogP contribution in [0.3, 0.4) is 0 Å². The summed E-state index contributed by atoms with van der Waals surface area (Å²) in [7, 11) is 0. The molecule has 0 saturated heterocycles. The molecule has 0 radical (unpaired) electrons. The van der Waals surface area contributed by atoms with Crippen LogP contribution in [0.1, 0.15) is 5.56 Å². The van der Waals surface area contributed by atoms with Gasteiger partial charge in [-0.05, 0) is 12.0 Å². The Morgan fingerprint density at radius 2 is 2.06 bits per heavy atom.